The summed E-state index contributed by atoms with van der Waals surface area (Å²) >= 11 is 0. The minimum Gasteiger partial charge on any atom is -0.337 e. The quantitative estimate of drug-likeness (QED) is 0.825. The van der Waals surface area contributed by atoms with Crippen molar-refractivity contribution >= 4 is 27.5 Å². The van der Waals surface area contributed by atoms with E-state index in [1.54, 1.807) is 31.0 Å². The van der Waals surface area contributed by atoms with Crippen LogP contribution in [0.2, 0.25) is 0 Å². The van der Waals surface area contributed by atoms with Crippen molar-refractivity contribution in [2.45, 2.75) is 13.5 Å². The highest BCUT2D eigenvalue weighted by Gasteiger charge is 2.41. The summed E-state index contributed by atoms with van der Waals surface area (Å²) in [6, 6.07) is 15.7. The molecule has 1 aliphatic rings. The standard InChI is InChI=1S/C19H20N2O4S/c1-14-13-26(24,25)21(18(14)22)17-10-8-16(9-11-17)19(23)20(2)12-15-6-4-3-5-7-15/h3-11,14H,12-13H2,1-2H3. The van der Waals surface area contributed by atoms with Gasteiger partial charge in [-0.3, -0.25) is 9.59 Å². The fraction of sp³-hybridized carbons (Fsp3) is 0.263. The maximum absolute atomic E-state index is 12.6. The van der Waals surface area contributed by atoms with Crippen molar-refractivity contribution in [2.75, 3.05) is 17.1 Å². The van der Waals surface area contributed by atoms with Gasteiger partial charge in [-0.1, -0.05) is 37.3 Å². The first-order valence-electron chi connectivity index (χ1n) is 8.26. The molecular weight excluding hydrogens is 352 g/mol. The average Bonchev–Trinajstić information content (AvgIpc) is 2.82. The number of nitrogens with zero attached hydrogens (tertiary/aromatic N) is 2. The first-order chi connectivity index (χ1) is 12.3. The second-order valence-corrected chi connectivity index (χ2v) is 8.34. The maximum atomic E-state index is 12.6. The minimum absolute atomic E-state index is 0.177. The Balaban J connectivity index is 1.77. The van der Waals surface area contributed by atoms with Gasteiger partial charge in [0.15, 0.2) is 0 Å². The van der Waals surface area contributed by atoms with Gasteiger partial charge in [-0.15, -0.1) is 0 Å². The largest absolute Gasteiger partial charge is 0.337 e. The van der Waals surface area contributed by atoms with Gasteiger partial charge >= 0.3 is 0 Å². The van der Waals surface area contributed by atoms with Gasteiger partial charge in [-0.25, -0.2) is 12.7 Å². The maximum Gasteiger partial charge on any atom is 0.253 e. The molecule has 1 saturated heterocycles. The van der Waals surface area contributed by atoms with Crippen LogP contribution >= 0.6 is 0 Å². The molecule has 1 heterocycles. The van der Waals surface area contributed by atoms with Crippen molar-refractivity contribution in [3.05, 3.63) is 65.7 Å². The normalized spacial score (nSPS) is 18.8. The molecule has 0 radical (unpaired) electrons. The van der Waals surface area contributed by atoms with E-state index in [1.165, 1.54) is 12.1 Å². The second kappa shape index (κ2) is 6.92. The Kier molecular flexibility index (Phi) is 4.82. The van der Waals surface area contributed by atoms with Gasteiger partial charge in [0.05, 0.1) is 17.4 Å². The fourth-order valence-electron chi connectivity index (χ4n) is 2.98. The van der Waals surface area contributed by atoms with Crippen LogP contribution in [0.4, 0.5) is 5.69 Å². The number of benzene rings is 2. The molecule has 1 aliphatic heterocycles. The number of carbonyl (C=O) groups excluding carboxylic acids is 2. The minimum atomic E-state index is -3.64. The average molecular weight is 372 g/mol. The Morgan fingerprint density at radius 2 is 1.73 bits per heavy atom. The molecule has 0 N–H and O–H groups in total. The smallest absolute Gasteiger partial charge is 0.253 e. The summed E-state index contributed by atoms with van der Waals surface area (Å²) in [5.74, 6) is -1.36. The van der Waals surface area contributed by atoms with Gasteiger partial charge in [0, 0.05) is 19.2 Å². The van der Waals surface area contributed by atoms with Crippen LogP contribution in [0.25, 0.3) is 0 Å². The molecule has 2 amide bonds. The molecule has 2 aromatic rings. The van der Waals surface area contributed by atoms with Gasteiger partial charge < -0.3 is 4.90 Å². The third kappa shape index (κ3) is 3.48. The lowest BCUT2D eigenvalue weighted by Gasteiger charge is -2.19. The zero-order chi connectivity index (χ0) is 18.9. The number of hydrogen-bond donors (Lipinski definition) is 0. The molecule has 136 valence electrons. The summed E-state index contributed by atoms with van der Waals surface area (Å²) in [7, 11) is -1.93. The zero-order valence-corrected chi connectivity index (χ0v) is 15.4. The lowest BCUT2D eigenvalue weighted by Crippen LogP contribution is -2.30. The Hall–Kier alpha value is -2.67. The SMILES string of the molecule is CC1CS(=O)(=O)N(c2ccc(C(=O)N(C)Cc3ccccc3)cc2)C1=O. The molecule has 0 saturated carbocycles. The van der Waals surface area contributed by atoms with Crippen LogP contribution in [0.5, 0.6) is 0 Å². The van der Waals surface area contributed by atoms with Crippen LogP contribution in [0, 0.1) is 5.92 Å². The van der Waals surface area contributed by atoms with Gasteiger partial charge in [0.2, 0.25) is 15.9 Å². The van der Waals surface area contributed by atoms with Gasteiger partial charge in [0.25, 0.3) is 5.91 Å². The Morgan fingerprint density at radius 1 is 1.12 bits per heavy atom. The van der Waals surface area contributed by atoms with Crippen LogP contribution < -0.4 is 4.31 Å². The van der Waals surface area contributed by atoms with Crippen LogP contribution in [-0.2, 0) is 21.4 Å². The Morgan fingerprint density at radius 3 is 2.27 bits per heavy atom. The summed E-state index contributed by atoms with van der Waals surface area (Å²) in [5, 5.41) is 0. The molecular formula is C19H20N2O4S. The Labute approximate surface area is 153 Å². The van der Waals surface area contributed by atoms with E-state index in [0.29, 0.717) is 12.1 Å². The monoisotopic (exact) mass is 372 g/mol. The molecule has 0 bridgehead atoms. The fourth-order valence-corrected chi connectivity index (χ4v) is 4.80. The summed E-state index contributed by atoms with van der Waals surface area (Å²) in [5.41, 5.74) is 1.72. The third-order valence-electron chi connectivity index (χ3n) is 4.32. The van der Waals surface area contributed by atoms with Gasteiger partial charge in [0.1, 0.15) is 0 Å². The molecule has 26 heavy (non-hydrogen) atoms. The van der Waals surface area contributed by atoms with E-state index >= 15 is 0 Å². The Bertz CT molecular complexity index is 924. The predicted molar refractivity (Wildman–Crippen MR) is 99.1 cm³/mol. The van der Waals surface area contributed by atoms with Crippen LogP contribution in [-0.4, -0.2) is 37.9 Å². The predicted octanol–water partition coefficient (Wildman–Crippen LogP) is 2.27. The number of sulfonamides is 1. The molecule has 0 aromatic heterocycles. The second-order valence-electron chi connectivity index (χ2n) is 6.48. The van der Waals surface area contributed by atoms with Gasteiger partial charge in [-0.05, 0) is 29.8 Å². The van der Waals surface area contributed by atoms with E-state index in [1.807, 2.05) is 30.3 Å². The molecule has 0 aliphatic carbocycles. The molecule has 1 atom stereocenters. The summed E-state index contributed by atoms with van der Waals surface area (Å²) in [4.78, 5) is 26.3. The number of anilines is 1. The molecule has 7 heteroatoms. The van der Waals surface area contributed by atoms with E-state index in [4.69, 9.17) is 0 Å². The molecule has 1 unspecified atom stereocenters. The van der Waals surface area contributed by atoms with Crippen molar-refractivity contribution in [1.82, 2.24) is 4.90 Å². The summed E-state index contributed by atoms with van der Waals surface area (Å²) < 4.78 is 25.1. The number of rotatable bonds is 4. The topological polar surface area (TPSA) is 74.8 Å². The lowest BCUT2D eigenvalue weighted by molar-refractivity contribution is -0.119. The molecule has 3 rings (SSSR count). The number of carbonyl (C=O) groups is 2. The van der Waals surface area contributed by atoms with E-state index in [-0.39, 0.29) is 17.3 Å². The van der Waals surface area contributed by atoms with Crippen molar-refractivity contribution in [3.63, 3.8) is 0 Å². The van der Waals surface area contributed by atoms with Crippen LogP contribution in [0.15, 0.2) is 54.6 Å². The summed E-state index contributed by atoms with van der Waals surface area (Å²) in [6.07, 6.45) is 0. The molecule has 0 spiro atoms. The van der Waals surface area contributed by atoms with Crippen molar-refractivity contribution < 1.29 is 18.0 Å². The summed E-state index contributed by atoms with van der Waals surface area (Å²) in [6.45, 7) is 2.06. The van der Waals surface area contributed by atoms with E-state index in [2.05, 4.69) is 0 Å². The van der Waals surface area contributed by atoms with Crippen LogP contribution in [0.3, 0.4) is 0 Å². The van der Waals surface area contributed by atoms with Crippen LogP contribution in [0.1, 0.15) is 22.8 Å². The van der Waals surface area contributed by atoms with E-state index in [9.17, 15) is 18.0 Å². The first kappa shape index (κ1) is 18.1. The van der Waals surface area contributed by atoms with Crippen molar-refractivity contribution in [2.24, 2.45) is 5.92 Å². The highest BCUT2D eigenvalue weighted by Crippen LogP contribution is 2.28. The first-order valence-corrected chi connectivity index (χ1v) is 9.87. The molecule has 2 aromatic carbocycles. The lowest BCUT2D eigenvalue weighted by atomic mass is 10.1. The highest BCUT2D eigenvalue weighted by atomic mass is 32.2. The van der Waals surface area contributed by atoms with E-state index in [0.717, 1.165) is 9.87 Å². The third-order valence-corrected chi connectivity index (χ3v) is 6.19. The van der Waals surface area contributed by atoms with E-state index < -0.39 is 21.8 Å². The number of hydrogen-bond acceptors (Lipinski definition) is 4. The number of amides is 2. The van der Waals surface area contributed by atoms with Crippen molar-refractivity contribution in [3.8, 4) is 0 Å². The zero-order valence-electron chi connectivity index (χ0n) is 14.6. The highest BCUT2D eigenvalue weighted by molar-refractivity contribution is 7.94. The molecule has 6 nitrogen and oxygen atoms in total. The van der Waals surface area contributed by atoms with Gasteiger partial charge in [-0.2, -0.15) is 0 Å². The van der Waals surface area contributed by atoms with Crippen molar-refractivity contribution in [1.29, 1.82) is 0 Å². The molecule has 1 fully saturated rings.